The van der Waals surface area contributed by atoms with E-state index in [2.05, 4.69) is 10.6 Å². The van der Waals surface area contributed by atoms with Crippen molar-refractivity contribution >= 4 is 12.0 Å². The normalized spacial score (nSPS) is 11.6. The Bertz CT molecular complexity index is 365. The first-order valence-electron chi connectivity index (χ1n) is 4.88. The standard InChI is InChI=1S/C11H14N2O3/c1-12-10(14)9(7-13-11(15)16)8-5-3-2-4-6-8/h2-6,9,13H,7H2,1H3,(H,12,14)(H,15,16)/t9-/m0/s1. The van der Waals surface area contributed by atoms with E-state index < -0.39 is 12.0 Å². The maximum Gasteiger partial charge on any atom is 0.404 e. The Morgan fingerprint density at radius 1 is 1.31 bits per heavy atom. The van der Waals surface area contributed by atoms with E-state index in [1.165, 1.54) is 7.05 Å². The second-order valence-electron chi connectivity index (χ2n) is 3.26. The highest BCUT2D eigenvalue weighted by Crippen LogP contribution is 2.14. The van der Waals surface area contributed by atoms with E-state index in [0.717, 1.165) is 5.56 Å². The molecule has 0 aliphatic rings. The Labute approximate surface area is 93.5 Å². The van der Waals surface area contributed by atoms with Crippen LogP contribution in [0.5, 0.6) is 0 Å². The summed E-state index contributed by atoms with van der Waals surface area (Å²) in [6, 6.07) is 9.06. The number of hydrogen-bond donors (Lipinski definition) is 3. The van der Waals surface area contributed by atoms with E-state index in [-0.39, 0.29) is 12.5 Å². The molecule has 5 nitrogen and oxygen atoms in total. The summed E-state index contributed by atoms with van der Waals surface area (Å²) in [6.07, 6.45) is -1.13. The van der Waals surface area contributed by atoms with Gasteiger partial charge in [-0.2, -0.15) is 0 Å². The summed E-state index contributed by atoms with van der Waals surface area (Å²) in [5, 5.41) is 13.3. The first-order chi connectivity index (χ1) is 7.65. The zero-order valence-electron chi connectivity index (χ0n) is 8.93. The van der Waals surface area contributed by atoms with Crippen LogP contribution in [0.15, 0.2) is 30.3 Å². The molecule has 3 N–H and O–H groups in total. The van der Waals surface area contributed by atoms with E-state index in [1.807, 2.05) is 18.2 Å². The van der Waals surface area contributed by atoms with Crippen LogP contribution >= 0.6 is 0 Å². The van der Waals surface area contributed by atoms with Crippen LogP contribution in [0.3, 0.4) is 0 Å². The van der Waals surface area contributed by atoms with Crippen molar-refractivity contribution in [1.82, 2.24) is 10.6 Å². The smallest absolute Gasteiger partial charge is 0.404 e. The molecule has 0 radical (unpaired) electrons. The molecule has 0 heterocycles. The fourth-order valence-electron chi connectivity index (χ4n) is 1.41. The summed E-state index contributed by atoms with van der Waals surface area (Å²) in [7, 11) is 1.53. The van der Waals surface area contributed by atoms with Crippen LogP contribution in [0.25, 0.3) is 0 Å². The molecular formula is C11H14N2O3. The second kappa shape index (κ2) is 5.75. The first-order valence-corrected chi connectivity index (χ1v) is 4.88. The van der Waals surface area contributed by atoms with E-state index in [1.54, 1.807) is 12.1 Å². The number of carboxylic acid groups (broad SMARTS) is 1. The van der Waals surface area contributed by atoms with Crippen LogP contribution in [-0.2, 0) is 4.79 Å². The average molecular weight is 222 g/mol. The SMILES string of the molecule is CNC(=O)[C@@H](CNC(=O)O)c1ccccc1. The van der Waals surface area contributed by atoms with Crippen molar-refractivity contribution in [2.45, 2.75) is 5.92 Å². The number of carbonyl (C=O) groups excluding carboxylic acids is 1. The molecule has 16 heavy (non-hydrogen) atoms. The van der Waals surface area contributed by atoms with Gasteiger partial charge in [-0.25, -0.2) is 4.79 Å². The summed E-state index contributed by atoms with van der Waals surface area (Å²) in [6.45, 7) is 0.0685. The molecule has 0 aromatic heterocycles. The summed E-state index contributed by atoms with van der Waals surface area (Å²) < 4.78 is 0. The topological polar surface area (TPSA) is 78.4 Å². The zero-order valence-corrected chi connectivity index (χ0v) is 8.93. The lowest BCUT2D eigenvalue weighted by molar-refractivity contribution is -0.121. The Morgan fingerprint density at radius 2 is 1.94 bits per heavy atom. The molecule has 0 spiro atoms. The fourth-order valence-corrected chi connectivity index (χ4v) is 1.41. The Balaban J connectivity index is 2.79. The number of carbonyl (C=O) groups is 2. The van der Waals surface area contributed by atoms with Gasteiger partial charge in [0.2, 0.25) is 5.91 Å². The molecule has 0 bridgehead atoms. The molecular weight excluding hydrogens is 208 g/mol. The molecule has 5 heteroatoms. The largest absolute Gasteiger partial charge is 0.465 e. The molecule has 86 valence electrons. The highest BCUT2D eigenvalue weighted by molar-refractivity contribution is 5.84. The number of benzene rings is 1. The van der Waals surface area contributed by atoms with Crippen LogP contribution in [0.2, 0.25) is 0 Å². The van der Waals surface area contributed by atoms with Gasteiger partial charge < -0.3 is 15.7 Å². The third-order valence-corrected chi connectivity index (χ3v) is 2.22. The number of amides is 2. The average Bonchev–Trinajstić information content (AvgIpc) is 2.30. The van der Waals surface area contributed by atoms with Crippen LogP contribution in [0, 0.1) is 0 Å². The van der Waals surface area contributed by atoms with Crippen molar-refractivity contribution in [3.05, 3.63) is 35.9 Å². The second-order valence-corrected chi connectivity index (χ2v) is 3.26. The van der Waals surface area contributed by atoms with E-state index >= 15 is 0 Å². The van der Waals surface area contributed by atoms with Crippen LogP contribution in [0.1, 0.15) is 11.5 Å². The quantitative estimate of drug-likeness (QED) is 0.704. The first kappa shape index (κ1) is 12.0. The number of hydrogen-bond acceptors (Lipinski definition) is 2. The van der Waals surface area contributed by atoms with Gasteiger partial charge in [-0.05, 0) is 5.56 Å². The number of rotatable bonds is 4. The fraction of sp³-hybridized carbons (Fsp3) is 0.273. The third kappa shape index (κ3) is 3.27. The van der Waals surface area contributed by atoms with Gasteiger partial charge in [-0.1, -0.05) is 30.3 Å². The Kier molecular flexibility index (Phi) is 4.32. The van der Waals surface area contributed by atoms with Crippen molar-refractivity contribution in [1.29, 1.82) is 0 Å². The summed E-state index contributed by atoms with van der Waals surface area (Å²) in [5.74, 6) is -0.706. The minimum absolute atomic E-state index is 0.0685. The summed E-state index contributed by atoms with van der Waals surface area (Å²) in [5.41, 5.74) is 0.788. The maximum absolute atomic E-state index is 11.6. The van der Waals surface area contributed by atoms with Crippen LogP contribution < -0.4 is 10.6 Å². The van der Waals surface area contributed by atoms with E-state index in [9.17, 15) is 9.59 Å². The zero-order chi connectivity index (χ0) is 12.0. The molecule has 0 unspecified atom stereocenters. The Morgan fingerprint density at radius 3 is 2.44 bits per heavy atom. The predicted octanol–water partition coefficient (Wildman–Crippen LogP) is 0.784. The molecule has 0 aliphatic carbocycles. The van der Waals surface area contributed by atoms with Crippen molar-refractivity contribution in [2.24, 2.45) is 0 Å². The van der Waals surface area contributed by atoms with Gasteiger partial charge in [0.25, 0.3) is 0 Å². The molecule has 2 amide bonds. The molecule has 0 fully saturated rings. The van der Waals surface area contributed by atoms with Gasteiger partial charge in [0.15, 0.2) is 0 Å². The van der Waals surface area contributed by atoms with Gasteiger partial charge in [0.1, 0.15) is 0 Å². The maximum atomic E-state index is 11.6. The number of nitrogens with one attached hydrogen (secondary N) is 2. The lowest BCUT2D eigenvalue weighted by atomic mass is 9.98. The van der Waals surface area contributed by atoms with Gasteiger partial charge in [0, 0.05) is 13.6 Å². The molecule has 0 saturated carbocycles. The molecule has 1 aromatic rings. The van der Waals surface area contributed by atoms with Crippen molar-refractivity contribution in [3.8, 4) is 0 Å². The lowest BCUT2D eigenvalue weighted by Crippen LogP contribution is -2.35. The van der Waals surface area contributed by atoms with E-state index in [4.69, 9.17) is 5.11 Å². The Hall–Kier alpha value is -2.04. The predicted molar refractivity (Wildman–Crippen MR) is 59.3 cm³/mol. The highest BCUT2D eigenvalue weighted by Gasteiger charge is 2.19. The summed E-state index contributed by atoms with van der Waals surface area (Å²) in [4.78, 5) is 22.0. The minimum atomic E-state index is -1.13. The molecule has 1 atom stereocenters. The van der Waals surface area contributed by atoms with Crippen molar-refractivity contribution in [2.75, 3.05) is 13.6 Å². The molecule has 1 aromatic carbocycles. The lowest BCUT2D eigenvalue weighted by Gasteiger charge is -2.15. The van der Waals surface area contributed by atoms with Crippen molar-refractivity contribution in [3.63, 3.8) is 0 Å². The van der Waals surface area contributed by atoms with Crippen molar-refractivity contribution < 1.29 is 14.7 Å². The van der Waals surface area contributed by atoms with Crippen LogP contribution in [0.4, 0.5) is 4.79 Å². The van der Waals surface area contributed by atoms with Crippen LogP contribution in [-0.4, -0.2) is 30.7 Å². The number of likely N-dealkylation sites (N-methyl/N-ethyl adjacent to an activating group) is 1. The van der Waals surface area contributed by atoms with Gasteiger partial charge in [-0.15, -0.1) is 0 Å². The van der Waals surface area contributed by atoms with Gasteiger partial charge in [-0.3, -0.25) is 4.79 Å². The summed E-state index contributed by atoms with van der Waals surface area (Å²) >= 11 is 0. The van der Waals surface area contributed by atoms with Gasteiger partial charge >= 0.3 is 6.09 Å². The monoisotopic (exact) mass is 222 g/mol. The van der Waals surface area contributed by atoms with E-state index in [0.29, 0.717) is 0 Å². The highest BCUT2D eigenvalue weighted by atomic mass is 16.4. The molecule has 1 rings (SSSR count). The van der Waals surface area contributed by atoms with Gasteiger partial charge in [0.05, 0.1) is 5.92 Å². The molecule has 0 aliphatic heterocycles. The molecule has 0 saturated heterocycles. The minimum Gasteiger partial charge on any atom is -0.465 e. The third-order valence-electron chi connectivity index (χ3n) is 2.22.